The second-order valence-corrected chi connectivity index (χ2v) is 8.34. The third-order valence-electron chi connectivity index (χ3n) is 1.77. The Labute approximate surface area is 71.9 Å². The zero-order chi connectivity index (χ0) is 8.48. The normalized spacial score (nSPS) is 37.5. The lowest BCUT2D eigenvalue weighted by molar-refractivity contribution is 0.528. The lowest BCUT2D eigenvalue weighted by Gasteiger charge is -2.17. The molecule has 2 nitrogen and oxygen atoms in total. The van der Waals surface area contributed by atoms with E-state index in [1.807, 2.05) is 18.8 Å². The van der Waals surface area contributed by atoms with Crippen LogP contribution in [0.15, 0.2) is 0 Å². The van der Waals surface area contributed by atoms with Crippen molar-refractivity contribution in [3.8, 4) is 12.3 Å². The summed E-state index contributed by atoms with van der Waals surface area (Å²) >= 11 is 1.52. The van der Waals surface area contributed by atoms with Crippen LogP contribution in [0.1, 0.15) is 0 Å². The summed E-state index contributed by atoms with van der Waals surface area (Å²) in [5.74, 6) is 3.72. The van der Waals surface area contributed by atoms with Gasteiger partial charge >= 0.3 is 0 Å². The van der Waals surface area contributed by atoms with Crippen molar-refractivity contribution >= 4 is 17.9 Å². The van der Waals surface area contributed by atoms with E-state index in [-0.39, 0.29) is 5.92 Å². The quantitative estimate of drug-likeness (QED) is 0.463. The van der Waals surface area contributed by atoms with Gasteiger partial charge in [0.15, 0.2) is 0 Å². The Bertz CT molecular complexity index is 233. The van der Waals surface area contributed by atoms with Gasteiger partial charge in [-0.15, -0.1) is 12.3 Å². The van der Waals surface area contributed by atoms with Crippen LogP contribution < -0.4 is 0 Å². The van der Waals surface area contributed by atoms with Gasteiger partial charge in [-0.25, -0.2) is 0 Å². The van der Waals surface area contributed by atoms with Crippen LogP contribution in [0.2, 0.25) is 0 Å². The van der Waals surface area contributed by atoms with E-state index in [1.165, 1.54) is 11.4 Å². The molecule has 0 amide bonds. The maximum absolute atomic E-state index is 11.9. The molecular weight excluding hydrogens is 177 g/mol. The maximum Gasteiger partial charge on any atom is 0.204 e. The summed E-state index contributed by atoms with van der Waals surface area (Å²) in [4.78, 5) is 0. The zero-order valence-electron chi connectivity index (χ0n) is 6.78. The average molecular weight is 189 g/mol. The van der Waals surface area contributed by atoms with Crippen molar-refractivity contribution in [2.75, 3.05) is 26.0 Å². The van der Waals surface area contributed by atoms with Gasteiger partial charge in [0.1, 0.15) is 0 Å². The summed E-state index contributed by atoms with van der Waals surface area (Å²) in [6, 6.07) is 0. The molecule has 1 aliphatic heterocycles. The van der Waals surface area contributed by atoms with E-state index in [0.717, 1.165) is 5.75 Å². The van der Waals surface area contributed by atoms with E-state index >= 15 is 0 Å². The summed E-state index contributed by atoms with van der Waals surface area (Å²) in [5, 5.41) is 0. The second kappa shape index (κ2) is 3.23. The third kappa shape index (κ3) is 1.82. The minimum absolute atomic E-state index is 0.216. The monoisotopic (exact) mass is 189 g/mol. The number of rotatable bonds is 1. The lowest BCUT2D eigenvalue weighted by Crippen LogP contribution is -2.07. The van der Waals surface area contributed by atoms with Gasteiger partial charge in [-0.2, -0.15) is 0 Å². The van der Waals surface area contributed by atoms with Crippen molar-refractivity contribution in [1.29, 1.82) is 0 Å². The first-order valence-electron chi connectivity index (χ1n) is 3.46. The molecule has 0 N–H and O–H groups in total. The number of nitrogens with zero attached hydrogens (tertiary/aromatic N) is 1. The second-order valence-electron chi connectivity index (χ2n) is 2.83. The molecule has 4 heteroatoms. The molecule has 0 spiro atoms. The first-order chi connectivity index (χ1) is 5.08. The van der Waals surface area contributed by atoms with E-state index < -0.39 is 6.49 Å². The van der Waals surface area contributed by atoms with Crippen LogP contribution in [0.25, 0.3) is 0 Å². The first kappa shape index (κ1) is 9.19. The van der Waals surface area contributed by atoms with Gasteiger partial charge in [-0.1, -0.05) is 11.4 Å². The molecule has 0 aromatic rings. The van der Waals surface area contributed by atoms with Crippen LogP contribution in [-0.4, -0.2) is 30.7 Å². The Morgan fingerprint density at radius 2 is 2.36 bits per heavy atom. The molecule has 1 heterocycles. The van der Waals surface area contributed by atoms with Gasteiger partial charge in [0.2, 0.25) is 6.49 Å². The van der Waals surface area contributed by atoms with Crippen molar-refractivity contribution in [3.63, 3.8) is 0 Å². The molecule has 62 valence electrons. The van der Waals surface area contributed by atoms with Crippen LogP contribution in [-0.2, 0) is 4.57 Å². The molecule has 1 fully saturated rings. The Morgan fingerprint density at radius 1 is 1.73 bits per heavy atom. The standard InChI is InChI=1S/C7H12NOPS/c1-4-7-5-10(9,8(2)3)11-6-7/h1,7H,5-6H2,2-3H3. The van der Waals surface area contributed by atoms with E-state index in [0.29, 0.717) is 6.16 Å². The summed E-state index contributed by atoms with van der Waals surface area (Å²) < 4.78 is 13.7. The molecule has 2 unspecified atom stereocenters. The Balaban J connectivity index is 2.67. The third-order valence-corrected chi connectivity index (χ3v) is 7.93. The van der Waals surface area contributed by atoms with Crippen LogP contribution in [0, 0.1) is 18.3 Å². The molecule has 11 heavy (non-hydrogen) atoms. The molecule has 1 rings (SSSR count). The molecule has 1 aliphatic rings. The molecule has 1 saturated heterocycles. The van der Waals surface area contributed by atoms with Crippen LogP contribution in [0.3, 0.4) is 0 Å². The molecular formula is C7H12NOPS. The molecule has 0 aromatic carbocycles. The van der Waals surface area contributed by atoms with Crippen LogP contribution in [0.5, 0.6) is 0 Å². The lowest BCUT2D eigenvalue weighted by atomic mass is 10.2. The fourth-order valence-electron chi connectivity index (χ4n) is 0.970. The highest BCUT2D eigenvalue weighted by Gasteiger charge is 2.35. The molecule has 0 bridgehead atoms. The molecule has 0 radical (unpaired) electrons. The Kier molecular flexibility index (Phi) is 2.70. The van der Waals surface area contributed by atoms with E-state index in [9.17, 15) is 4.57 Å². The minimum Gasteiger partial charge on any atom is -0.295 e. The van der Waals surface area contributed by atoms with E-state index in [2.05, 4.69) is 5.92 Å². The SMILES string of the molecule is C#CC1CSP(=O)(N(C)C)C1. The van der Waals surface area contributed by atoms with Crippen LogP contribution >= 0.6 is 17.9 Å². The van der Waals surface area contributed by atoms with Crippen molar-refractivity contribution in [1.82, 2.24) is 4.67 Å². The smallest absolute Gasteiger partial charge is 0.204 e. The first-order valence-corrected chi connectivity index (χ1v) is 6.89. The van der Waals surface area contributed by atoms with Gasteiger partial charge in [0.05, 0.1) is 0 Å². The highest BCUT2D eigenvalue weighted by Crippen LogP contribution is 2.66. The largest absolute Gasteiger partial charge is 0.295 e. The number of hydrogen-bond donors (Lipinski definition) is 0. The number of hydrogen-bond acceptors (Lipinski definition) is 2. The molecule has 0 saturated carbocycles. The Hall–Kier alpha value is 0.1000. The van der Waals surface area contributed by atoms with Crippen molar-refractivity contribution in [2.24, 2.45) is 5.92 Å². The number of terminal acetylenes is 1. The van der Waals surface area contributed by atoms with E-state index in [4.69, 9.17) is 6.42 Å². The highest BCUT2D eigenvalue weighted by atomic mass is 32.7. The van der Waals surface area contributed by atoms with Crippen molar-refractivity contribution in [3.05, 3.63) is 0 Å². The van der Waals surface area contributed by atoms with Gasteiger partial charge in [-0.3, -0.25) is 9.24 Å². The molecule has 0 aromatic heterocycles. The Morgan fingerprint density at radius 3 is 2.64 bits per heavy atom. The minimum atomic E-state index is -2.11. The topological polar surface area (TPSA) is 20.3 Å². The van der Waals surface area contributed by atoms with Gasteiger partial charge in [0, 0.05) is 17.8 Å². The summed E-state index contributed by atoms with van der Waals surface area (Å²) in [7, 11) is 3.71. The fourth-order valence-corrected chi connectivity index (χ4v) is 6.01. The predicted octanol–water partition coefficient (Wildman–Crippen LogP) is 1.74. The van der Waals surface area contributed by atoms with Crippen molar-refractivity contribution in [2.45, 2.75) is 0 Å². The maximum atomic E-state index is 11.9. The molecule has 2 atom stereocenters. The summed E-state index contributed by atoms with van der Waals surface area (Å²) in [5.41, 5.74) is 0. The summed E-state index contributed by atoms with van der Waals surface area (Å²) in [6.07, 6.45) is 5.93. The fraction of sp³-hybridized carbons (Fsp3) is 0.714. The van der Waals surface area contributed by atoms with E-state index in [1.54, 1.807) is 0 Å². The van der Waals surface area contributed by atoms with Crippen LogP contribution in [0.4, 0.5) is 0 Å². The van der Waals surface area contributed by atoms with Gasteiger partial charge in [0.25, 0.3) is 0 Å². The van der Waals surface area contributed by atoms with Crippen molar-refractivity contribution < 1.29 is 4.57 Å². The molecule has 0 aliphatic carbocycles. The summed E-state index contributed by atoms with van der Waals surface area (Å²) in [6.45, 7) is -2.11. The predicted molar refractivity (Wildman–Crippen MR) is 50.9 cm³/mol. The highest BCUT2D eigenvalue weighted by molar-refractivity contribution is 8.57. The van der Waals surface area contributed by atoms with Gasteiger partial charge < -0.3 is 0 Å². The zero-order valence-corrected chi connectivity index (χ0v) is 8.49. The average Bonchev–Trinajstić information content (AvgIpc) is 2.33. The van der Waals surface area contributed by atoms with Gasteiger partial charge in [-0.05, 0) is 14.1 Å².